The Labute approximate surface area is 197 Å². The first-order valence-electron chi connectivity index (χ1n) is 11.4. The van der Waals surface area contributed by atoms with E-state index in [1.54, 1.807) is 25.3 Å². The molecule has 0 radical (unpaired) electrons. The Hall–Kier alpha value is -3.78. The first-order valence-corrected chi connectivity index (χ1v) is 11.4. The molecule has 0 spiro atoms. The number of aromatic nitrogens is 3. The van der Waals surface area contributed by atoms with Gasteiger partial charge in [-0.3, -0.25) is 9.78 Å². The van der Waals surface area contributed by atoms with Gasteiger partial charge < -0.3 is 14.4 Å². The van der Waals surface area contributed by atoms with Gasteiger partial charge >= 0.3 is 0 Å². The number of aryl methyl sites for hydroxylation is 1. The third-order valence-electron chi connectivity index (χ3n) is 6.08. The van der Waals surface area contributed by atoms with Crippen LogP contribution in [0.1, 0.15) is 27.3 Å². The fourth-order valence-corrected chi connectivity index (χ4v) is 4.25. The van der Waals surface area contributed by atoms with Gasteiger partial charge in [-0.25, -0.2) is 4.63 Å². The monoisotopic (exact) mass is 458 g/mol. The Balaban J connectivity index is 1.30. The summed E-state index contributed by atoms with van der Waals surface area (Å²) in [5.41, 5.74) is 3.01. The number of rotatable bonds is 6. The number of para-hydroxylation sites is 1. The van der Waals surface area contributed by atoms with Crippen LogP contribution in [0, 0.1) is 12.8 Å². The second-order valence-electron chi connectivity index (χ2n) is 8.53. The normalized spacial score (nSPS) is 16.4. The van der Waals surface area contributed by atoms with Crippen LogP contribution in [0.4, 0.5) is 0 Å². The van der Waals surface area contributed by atoms with E-state index < -0.39 is 0 Å². The van der Waals surface area contributed by atoms with Crippen molar-refractivity contribution in [1.29, 1.82) is 0 Å². The summed E-state index contributed by atoms with van der Waals surface area (Å²) < 4.78 is 16.5. The Kier molecular flexibility index (Phi) is 6.49. The summed E-state index contributed by atoms with van der Waals surface area (Å²) in [5.74, 6) is 0.639. The zero-order valence-corrected chi connectivity index (χ0v) is 19.0. The molecule has 0 N–H and O–H groups in total. The third kappa shape index (κ3) is 4.92. The number of amides is 1. The smallest absolute Gasteiger partial charge is 0.257 e. The van der Waals surface area contributed by atoms with E-state index in [1.165, 1.54) is 10.9 Å². The highest BCUT2D eigenvalue weighted by Gasteiger charge is 2.26. The van der Waals surface area contributed by atoms with Crippen molar-refractivity contribution >= 4 is 16.7 Å². The van der Waals surface area contributed by atoms with E-state index in [-0.39, 0.29) is 18.4 Å². The summed E-state index contributed by atoms with van der Waals surface area (Å²) in [5, 5.41) is 9.90. The number of hydrogen-bond acceptors (Lipinski definition) is 7. The predicted octanol–water partition coefficient (Wildman–Crippen LogP) is 3.84. The molecule has 34 heavy (non-hydrogen) atoms. The predicted molar refractivity (Wildman–Crippen MR) is 125 cm³/mol. The van der Waals surface area contributed by atoms with Crippen LogP contribution in [-0.4, -0.2) is 52.4 Å². The van der Waals surface area contributed by atoms with Crippen molar-refractivity contribution in [2.24, 2.45) is 5.92 Å². The largest absolute Gasteiger partial charge is 0.486 e. The minimum atomic E-state index is -0.0659. The minimum Gasteiger partial charge on any atom is -0.486 e. The third-order valence-corrected chi connectivity index (χ3v) is 6.08. The summed E-state index contributed by atoms with van der Waals surface area (Å²) in [6.45, 7) is 4.27. The summed E-state index contributed by atoms with van der Waals surface area (Å²) in [6, 6.07) is 15.7. The summed E-state index contributed by atoms with van der Waals surface area (Å²) in [7, 11) is 0. The van der Waals surface area contributed by atoms with Crippen molar-refractivity contribution < 1.29 is 18.9 Å². The maximum absolute atomic E-state index is 13.5. The van der Waals surface area contributed by atoms with Crippen LogP contribution in [0.5, 0.6) is 5.75 Å². The van der Waals surface area contributed by atoms with Crippen LogP contribution in [0.2, 0.25) is 0 Å². The van der Waals surface area contributed by atoms with E-state index >= 15 is 0 Å². The van der Waals surface area contributed by atoms with Crippen molar-refractivity contribution in [3.63, 3.8) is 0 Å². The Morgan fingerprint density at radius 1 is 1.15 bits per heavy atom. The molecule has 1 fully saturated rings. The van der Waals surface area contributed by atoms with Gasteiger partial charge in [0, 0.05) is 36.8 Å². The molecule has 0 aliphatic carbocycles. The number of carbonyl (C=O) groups is 1. The first kappa shape index (κ1) is 22.0. The van der Waals surface area contributed by atoms with Crippen LogP contribution in [0.25, 0.3) is 10.8 Å². The summed E-state index contributed by atoms with van der Waals surface area (Å²) in [4.78, 5) is 19.6. The molecule has 174 valence electrons. The molecule has 4 aromatic rings. The van der Waals surface area contributed by atoms with Crippen molar-refractivity contribution in [2.45, 2.75) is 20.0 Å². The lowest BCUT2D eigenvalue weighted by atomic mass is 9.97. The van der Waals surface area contributed by atoms with E-state index in [9.17, 15) is 4.79 Å². The number of hydrogen-bond donors (Lipinski definition) is 0. The average Bonchev–Trinajstić information content (AvgIpc) is 3.13. The maximum Gasteiger partial charge on any atom is 0.257 e. The van der Waals surface area contributed by atoms with Gasteiger partial charge in [0.1, 0.15) is 23.7 Å². The molecule has 1 atom stereocenters. The Morgan fingerprint density at radius 2 is 2.06 bits per heavy atom. The second-order valence-corrected chi connectivity index (χ2v) is 8.53. The zero-order valence-electron chi connectivity index (χ0n) is 19.0. The second kappa shape index (κ2) is 10.0. The molecule has 3 heterocycles. The van der Waals surface area contributed by atoms with E-state index in [0.29, 0.717) is 49.0 Å². The fourth-order valence-electron chi connectivity index (χ4n) is 4.25. The topological polar surface area (TPSA) is 90.6 Å². The van der Waals surface area contributed by atoms with Gasteiger partial charge in [0.15, 0.2) is 0 Å². The fraction of sp³-hybridized carbons (Fsp3) is 0.308. The number of benzene rings is 2. The molecule has 5 rings (SSSR count). The summed E-state index contributed by atoms with van der Waals surface area (Å²) >= 11 is 0. The zero-order chi connectivity index (χ0) is 23.3. The molecule has 1 saturated heterocycles. The Bertz CT molecular complexity index is 1290. The maximum atomic E-state index is 13.5. The average molecular weight is 459 g/mol. The number of carbonyl (C=O) groups excluding carboxylic acids is 1. The molecule has 0 bridgehead atoms. The first-order chi connectivity index (χ1) is 16.7. The number of pyridine rings is 1. The highest BCUT2D eigenvalue weighted by atomic mass is 16.6. The van der Waals surface area contributed by atoms with Gasteiger partial charge in [-0.1, -0.05) is 34.6 Å². The summed E-state index contributed by atoms with van der Waals surface area (Å²) in [6.07, 6.45) is 4.51. The molecule has 1 amide bonds. The molecule has 1 aliphatic rings. The molecule has 1 unspecified atom stereocenters. The van der Waals surface area contributed by atoms with E-state index in [0.717, 1.165) is 11.8 Å². The van der Waals surface area contributed by atoms with Gasteiger partial charge in [-0.2, -0.15) is 0 Å². The van der Waals surface area contributed by atoms with Crippen LogP contribution in [0.15, 0.2) is 65.6 Å². The van der Waals surface area contributed by atoms with Crippen LogP contribution >= 0.6 is 0 Å². The lowest BCUT2D eigenvalue weighted by Gasteiger charge is -2.24. The van der Waals surface area contributed by atoms with Crippen molar-refractivity contribution in [3.8, 4) is 5.75 Å². The van der Waals surface area contributed by atoms with Crippen molar-refractivity contribution in [1.82, 2.24) is 20.2 Å². The van der Waals surface area contributed by atoms with Gasteiger partial charge in [0.05, 0.1) is 18.8 Å². The molecule has 8 nitrogen and oxygen atoms in total. The van der Waals surface area contributed by atoms with E-state index in [1.807, 2.05) is 29.3 Å². The molecule has 2 aromatic heterocycles. The minimum absolute atomic E-state index is 0.0659. The standard InChI is InChI=1S/C26H26N4O4/c1-18-24(29-34-28-18)17-33-25-5-3-2-4-23(25)26(31)30-10-11-32-16-20(15-30)12-19-6-7-21-8-9-27-14-22(21)13-19/h2-9,13-14,20H,10-12,15-17H2,1H3. The van der Waals surface area contributed by atoms with Crippen molar-refractivity contribution in [2.75, 3.05) is 26.3 Å². The molecule has 8 heteroatoms. The van der Waals surface area contributed by atoms with E-state index in [2.05, 4.69) is 33.5 Å². The van der Waals surface area contributed by atoms with E-state index in [4.69, 9.17) is 14.1 Å². The number of ether oxygens (including phenoxy) is 2. The van der Waals surface area contributed by atoms with Crippen LogP contribution < -0.4 is 4.74 Å². The van der Waals surface area contributed by atoms with Gasteiger partial charge in [-0.05, 0) is 48.6 Å². The highest BCUT2D eigenvalue weighted by molar-refractivity contribution is 5.97. The lowest BCUT2D eigenvalue weighted by Crippen LogP contribution is -2.36. The number of nitrogens with zero attached hydrogens (tertiary/aromatic N) is 4. The quantitative estimate of drug-likeness (QED) is 0.434. The van der Waals surface area contributed by atoms with Crippen molar-refractivity contribution in [3.05, 3.63) is 83.4 Å². The molecule has 0 saturated carbocycles. The van der Waals surface area contributed by atoms with Gasteiger partial charge in [0.2, 0.25) is 0 Å². The lowest BCUT2D eigenvalue weighted by molar-refractivity contribution is 0.0732. The van der Waals surface area contributed by atoms with Gasteiger partial charge in [0.25, 0.3) is 5.91 Å². The Morgan fingerprint density at radius 3 is 2.94 bits per heavy atom. The highest BCUT2D eigenvalue weighted by Crippen LogP contribution is 2.24. The van der Waals surface area contributed by atoms with Crippen LogP contribution in [-0.2, 0) is 17.8 Å². The van der Waals surface area contributed by atoms with Gasteiger partial charge in [-0.15, -0.1) is 0 Å². The molecular weight excluding hydrogens is 432 g/mol. The molecular formula is C26H26N4O4. The SMILES string of the molecule is Cc1nonc1COc1ccccc1C(=O)N1CCOCC(Cc2ccc3ccncc3c2)C1. The van der Waals surface area contributed by atoms with Crippen LogP contribution in [0.3, 0.4) is 0 Å². The number of fused-ring (bicyclic) bond motifs is 1. The molecule has 2 aromatic carbocycles. The molecule has 1 aliphatic heterocycles.